The second kappa shape index (κ2) is 6.90. The van der Waals surface area contributed by atoms with Crippen molar-refractivity contribution in [2.45, 2.75) is 38.6 Å². The molecule has 1 aromatic heterocycles. The van der Waals surface area contributed by atoms with Gasteiger partial charge in [0.2, 0.25) is 0 Å². The largest absolute Gasteiger partial charge is 0.379 e. The van der Waals surface area contributed by atoms with Crippen LogP contribution in [-0.4, -0.2) is 49.7 Å². The predicted octanol–water partition coefficient (Wildman–Crippen LogP) is 2.08. The van der Waals surface area contributed by atoms with Gasteiger partial charge in [-0.2, -0.15) is 0 Å². The van der Waals surface area contributed by atoms with Crippen molar-refractivity contribution >= 4 is 17.2 Å². The number of hydrogen-bond donors (Lipinski definition) is 1. The van der Waals surface area contributed by atoms with E-state index in [1.54, 1.807) is 11.3 Å². The first kappa shape index (κ1) is 15.0. The molecule has 0 saturated carbocycles. The van der Waals surface area contributed by atoms with Gasteiger partial charge in [0.05, 0.1) is 18.1 Å². The van der Waals surface area contributed by atoms with Crippen LogP contribution < -0.4 is 5.32 Å². The fourth-order valence-electron chi connectivity index (χ4n) is 3.11. The lowest BCUT2D eigenvalue weighted by Gasteiger charge is -2.29. The lowest BCUT2D eigenvalue weighted by atomic mass is 9.99. The lowest BCUT2D eigenvalue weighted by Crippen LogP contribution is -2.45. The topological polar surface area (TPSA) is 41.6 Å². The van der Waals surface area contributed by atoms with Crippen molar-refractivity contribution < 1.29 is 9.53 Å². The van der Waals surface area contributed by atoms with E-state index in [1.807, 2.05) is 0 Å². The molecule has 1 aliphatic heterocycles. The van der Waals surface area contributed by atoms with Crippen molar-refractivity contribution in [3.63, 3.8) is 0 Å². The standard InChI is InChI=1S/C16H24N2O2S/c1-12(11-18-6-8-20-9-7-18)17-16(19)15-10-13-4-2-3-5-14(13)21-15/h10,12H,2-9,11H2,1H3,(H,17,19)/t12-/m0/s1. The summed E-state index contributed by atoms with van der Waals surface area (Å²) in [5.41, 5.74) is 1.40. The van der Waals surface area contributed by atoms with Gasteiger partial charge in [-0.3, -0.25) is 9.69 Å². The Kier molecular flexibility index (Phi) is 4.93. The number of fused-ring (bicyclic) bond motifs is 1. The maximum Gasteiger partial charge on any atom is 0.261 e. The molecule has 116 valence electrons. The third-order valence-electron chi connectivity index (χ3n) is 4.23. The van der Waals surface area contributed by atoms with E-state index in [0.717, 1.165) is 50.6 Å². The first-order valence-corrected chi connectivity index (χ1v) is 8.76. The monoisotopic (exact) mass is 308 g/mol. The summed E-state index contributed by atoms with van der Waals surface area (Å²) in [5, 5.41) is 3.14. The Bertz CT molecular complexity index is 471. The van der Waals surface area contributed by atoms with Crippen molar-refractivity contribution in [2.24, 2.45) is 0 Å². The van der Waals surface area contributed by atoms with Crippen LogP contribution in [0.25, 0.3) is 0 Å². The van der Waals surface area contributed by atoms with Crippen LogP contribution in [0.5, 0.6) is 0 Å². The molecular formula is C16H24N2O2S. The Hall–Kier alpha value is -0.910. The number of aryl methyl sites for hydroxylation is 2. The highest BCUT2D eigenvalue weighted by Gasteiger charge is 2.19. The van der Waals surface area contributed by atoms with Crippen LogP contribution in [0.1, 0.15) is 39.9 Å². The van der Waals surface area contributed by atoms with Gasteiger partial charge in [-0.1, -0.05) is 0 Å². The van der Waals surface area contributed by atoms with Gasteiger partial charge in [-0.15, -0.1) is 11.3 Å². The number of carbonyl (C=O) groups excluding carboxylic acids is 1. The van der Waals surface area contributed by atoms with Crippen molar-refractivity contribution in [1.82, 2.24) is 10.2 Å². The molecule has 1 amide bonds. The molecule has 4 nitrogen and oxygen atoms in total. The number of amides is 1. The number of ether oxygens (including phenoxy) is 1. The average Bonchev–Trinajstić information content (AvgIpc) is 2.92. The molecule has 0 unspecified atom stereocenters. The molecule has 0 aromatic carbocycles. The molecule has 1 fully saturated rings. The predicted molar refractivity (Wildman–Crippen MR) is 85.1 cm³/mol. The zero-order chi connectivity index (χ0) is 14.7. The third kappa shape index (κ3) is 3.84. The number of thiophene rings is 1. The van der Waals surface area contributed by atoms with Gasteiger partial charge >= 0.3 is 0 Å². The smallest absolute Gasteiger partial charge is 0.261 e. The Morgan fingerprint density at radius 2 is 2.14 bits per heavy atom. The van der Waals surface area contributed by atoms with Crippen LogP contribution in [0.4, 0.5) is 0 Å². The third-order valence-corrected chi connectivity index (χ3v) is 5.47. The van der Waals surface area contributed by atoms with Crippen LogP contribution in [0, 0.1) is 0 Å². The number of hydrogen-bond acceptors (Lipinski definition) is 4. The van der Waals surface area contributed by atoms with Gasteiger partial charge < -0.3 is 10.1 Å². The van der Waals surface area contributed by atoms with E-state index in [0.29, 0.717) is 0 Å². The fourth-order valence-corrected chi connectivity index (χ4v) is 4.27. The molecule has 5 heteroatoms. The van der Waals surface area contributed by atoms with Crippen LogP contribution >= 0.6 is 11.3 Å². The minimum Gasteiger partial charge on any atom is -0.379 e. The molecule has 3 rings (SSSR count). The second-order valence-corrected chi connectivity index (χ2v) is 7.19. The van der Waals surface area contributed by atoms with Gasteiger partial charge in [-0.05, 0) is 44.2 Å². The quantitative estimate of drug-likeness (QED) is 0.926. The Balaban J connectivity index is 1.54. The summed E-state index contributed by atoms with van der Waals surface area (Å²) >= 11 is 1.69. The zero-order valence-electron chi connectivity index (χ0n) is 12.7. The summed E-state index contributed by atoms with van der Waals surface area (Å²) in [5.74, 6) is 0.0927. The Labute approximate surface area is 130 Å². The van der Waals surface area contributed by atoms with E-state index in [2.05, 4.69) is 23.2 Å². The highest BCUT2D eigenvalue weighted by Crippen LogP contribution is 2.29. The minimum atomic E-state index is 0.0927. The van der Waals surface area contributed by atoms with E-state index in [-0.39, 0.29) is 11.9 Å². The van der Waals surface area contributed by atoms with E-state index >= 15 is 0 Å². The van der Waals surface area contributed by atoms with Gasteiger partial charge in [0.25, 0.3) is 5.91 Å². The summed E-state index contributed by atoms with van der Waals surface area (Å²) in [6.45, 7) is 6.53. The first-order valence-electron chi connectivity index (χ1n) is 7.95. The highest BCUT2D eigenvalue weighted by molar-refractivity contribution is 7.14. The van der Waals surface area contributed by atoms with Crippen LogP contribution in [0.15, 0.2) is 6.07 Å². The minimum absolute atomic E-state index is 0.0927. The SMILES string of the molecule is C[C@@H](CN1CCOCC1)NC(=O)c1cc2c(s1)CCCC2. The highest BCUT2D eigenvalue weighted by atomic mass is 32.1. The molecular weight excluding hydrogens is 284 g/mol. The number of rotatable bonds is 4. The lowest BCUT2D eigenvalue weighted by molar-refractivity contribution is 0.0342. The van der Waals surface area contributed by atoms with Crippen LogP contribution in [-0.2, 0) is 17.6 Å². The molecule has 1 atom stereocenters. The average molecular weight is 308 g/mol. The number of nitrogens with one attached hydrogen (secondary N) is 1. The van der Waals surface area contributed by atoms with Crippen molar-refractivity contribution in [2.75, 3.05) is 32.8 Å². The van der Waals surface area contributed by atoms with Crippen molar-refractivity contribution in [1.29, 1.82) is 0 Å². The maximum absolute atomic E-state index is 12.4. The summed E-state index contributed by atoms with van der Waals surface area (Å²) in [6.07, 6.45) is 4.82. The molecule has 1 aromatic rings. The van der Waals surface area contributed by atoms with Crippen LogP contribution in [0.2, 0.25) is 0 Å². The van der Waals surface area contributed by atoms with Gasteiger partial charge in [0, 0.05) is 30.6 Å². The van der Waals surface area contributed by atoms with Gasteiger partial charge in [-0.25, -0.2) is 0 Å². The van der Waals surface area contributed by atoms with Gasteiger partial charge in [0.1, 0.15) is 0 Å². The summed E-state index contributed by atoms with van der Waals surface area (Å²) < 4.78 is 5.35. The fraction of sp³-hybridized carbons (Fsp3) is 0.688. The second-order valence-electron chi connectivity index (χ2n) is 6.05. The van der Waals surface area contributed by atoms with Crippen LogP contribution in [0.3, 0.4) is 0 Å². The number of morpholine rings is 1. The molecule has 1 saturated heterocycles. The molecule has 0 spiro atoms. The van der Waals surface area contributed by atoms with E-state index in [4.69, 9.17) is 4.74 Å². The van der Waals surface area contributed by atoms with E-state index in [9.17, 15) is 4.79 Å². The normalized spacial score (nSPS) is 20.8. The molecule has 2 heterocycles. The summed E-state index contributed by atoms with van der Waals surface area (Å²) in [7, 11) is 0. The summed E-state index contributed by atoms with van der Waals surface area (Å²) in [6, 6.07) is 2.28. The summed E-state index contributed by atoms with van der Waals surface area (Å²) in [4.78, 5) is 17.0. The van der Waals surface area contributed by atoms with Crippen molar-refractivity contribution in [3.05, 3.63) is 21.4 Å². The van der Waals surface area contributed by atoms with E-state index in [1.165, 1.54) is 23.3 Å². The molecule has 2 aliphatic rings. The maximum atomic E-state index is 12.4. The molecule has 21 heavy (non-hydrogen) atoms. The molecule has 1 N–H and O–H groups in total. The first-order chi connectivity index (χ1) is 10.2. The van der Waals surface area contributed by atoms with Gasteiger partial charge in [0.15, 0.2) is 0 Å². The number of nitrogens with zero attached hydrogens (tertiary/aromatic N) is 1. The molecule has 1 aliphatic carbocycles. The number of carbonyl (C=O) groups is 1. The Morgan fingerprint density at radius 1 is 1.38 bits per heavy atom. The Morgan fingerprint density at radius 3 is 2.90 bits per heavy atom. The zero-order valence-corrected chi connectivity index (χ0v) is 13.5. The van der Waals surface area contributed by atoms with Crippen molar-refractivity contribution in [3.8, 4) is 0 Å². The molecule has 0 bridgehead atoms. The molecule has 0 radical (unpaired) electrons. The van der Waals surface area contributed by atoms with E-state index < -0.39 is 0 Å².